The van der Waals surface area contributed by atoms with Crippen LogP contribution in [0.3, 0.4) is 0 Å². The molecule has 1 aromatic carbocycles. The minimum atomic E-state index is -0.0275. The summed E-state index contributed by atoms with van der Waals surface area (Å²) in [6.07, 6.45) is 6.11. The Balaban J connectivity index is 1.40. The highest BCUT2D eigenvalue weighted by Gasteiger charge is 2.23. The highest BCUT2D eigenvalue weighted by Crippen LogP contribution is 2.22. The number of carbonyl (C=O) groups excluding carboxylic acids is 1. The van der Waals surface area contributed by atoms with Gasteiger partial charge in [-0.2, -0.15) is 0 Å². The van der Waals surface area contributed by atoms with Crippen molar-refractivity contribution >= 4 is 11.6 Å². The molecule has 4 rings (SSSR count). The molecule has 3 heterocycles. The maximum absolute atomic E-state index is 12.7. The number of hydrogen-bond donors (Lipinski definition) is 1. The summed E-state index contributed by atoms with van der Waals surface area (Å²) in [5.41, 5.74) is 3.08. The van der Waals surface area contributed by atoms with Crippen molar-refractivity contribution in [3.05, 3.63) is 59.9 Å². The maximum atomic E-state index is 12.7. The zero-order chi connectivity index (χ0) is 19.2. The SMILES string of the molecule is O=C(NCC(c1ccncc1)N1CCOCC1)c1ccc(N2CCCC2)cc1. The van der Waals surface area contributed by atoms with Gasteiger partial charge in [0, 0.05) is 56.4 Å². The van der Waals surface area contributed by atoms with Crippen LogP contribution in [0.4, 0.5) is 5.69 Å². The highest BCUT2D eigenvalue weighted by atomic mass is 16.5. The van der Waals surface area contributed by atoms with Crippen LogP contribution in [0.2, 0.25) is 0 Å². The van der Waals surface area contributed by atoms with Crippen LogP contribution in [0.1, 0.15) is 34.8 Å². The molecule has 2 aliphatic heterocycles. The maximum Gasteiger partial charge on any atom is 0.251 e. The first-order valence-corrected chi connectivity index (χ1v) is 10.2. The second kappa shape index (κ2) is 9.17. The third-order valence-electron chi connectivity index (χ3n) is 5.63. The first-order chi connectivity index (χ1) is 13.8. The van der Waals surface area contributed by atoms with Gasteiger partial charge in [-0.25, -0.2) is 0 Å². The number of amides is 1. The van der Waals surface area contributed by atoms with Gasteiger partial charge in [0.2, 0.25) is 0 Å². The number of rotatable bonds is 6. The summed E-state index contributed by atoms with van der Waals surface area (Å²) in [5.74, 6) is -0.0275. The first-order valence-electron chi connectivity index (χ1n) is 10.2. The normalized spacial score (nSPS) is 18.8. The van der Waals surface area contributed by atoms with Crippen molar-refractivity contribution in [2.24, 2.45) is 0 Å². The Labute approximate surface area is 166 Å². The fourth-order valence-corrected chi connectivity index (χ4v) is 4.02. The lowest BCUT2D eigenvalue weighted by molar-refractivity contribution is 0.0162. The number of nitrogens with one attached hydrogen (secondary N) is 1. The molecular weight excluding hydrogens is 352 g/mol. The van der Waals surface area contributed by atoms with Crippen LogP contribution in [-0.4, -0.2) is 61.7 Å². The topological polar surface area (TPSA) is 57.7 Å². The van der Waals surface area contributed by atoms with Gasteiger partial charge in [0.15, 0.2) is 0 Å². The fraction of sp³-hybridized carbons (Fsp3) is 0.455. The van der Waals surface area contributed by atoms with Crippen molar-refractivity contribution < 1.29 is 9.53 Å². The van der Waals surface area contributed by atoms with Gasteiger partial charge in [-0.15, -0.1) is 0 Å². The van der Waals surface area contributed by atoms with Gasteiger partial charge in [0.05, 0.1) is 19.3 Å². The average Bonchev–Trinajstić information content (AvgIpc) is 3.30. The summed E-state index contributed by atoms with van der Waals surface area (Å²) in [5, 5.41) is 3.13. The van der Waals surface area contributed by atoms with E-state index in [4.69, 9.17) is 4.74 Å². The van der Waals surface area contributed by atoms with E-state index in [0.29, 0.717) is 12.1 Å². The molecule has 0 radical (unpaired) electrons. The third-order valence-corrected chi connectivity index (χ3v) is 5.63. The Morgan fingerprint density at radius 1 is 1.00 bits per heavy atom. The molecule has 1 amide bonds. The second-order valence-corrected chi connectivity index (χ2v) is 7.40. The molecule has 6 nitrogen and oxygen atoms in total. The lowest BCUT2D eigenvalue weighted by Gasteiger charge is -2.34. The molecule has 6 heteroatoms. The standard InChI is InChI=1S/C22H28N4O2/c27-22(19-3-5-20(6-4-19)25-11-1-2-12-25)24-17-21(18-7-9-23-10-8-18)26-13-15-28-16-14-26/h3-10,21H,1-2,11-17H2,(H,24,27). The zero-order valence-corrected chi connectivity index (χ0v) is 16.2. The number of carbonyl (C=O) groups is 1. The van der Waals surface area contributed by atoms with Crippen LogP contribution >= 0.6 is 0 Å². The number of ether oxygens (including phenoxy) is 1. The predicted octanol–water partition coefficient (Wildman–Crippen LogP) is 2.49. The Hall–Kier alpha value is -2.44. The van der Waals surface area contributed by atoms with E-state index in [0.717, 1.165) is 39.4 Å². The lowest BCUT2D eigenvalue weighted by Crippen LogP contribution is -2.43. The van der Waals surface area contributed by atoms with Crippen molar-refractivity contribution in [1.29, 1.82) is 0 Å². The Morgan fingerprint density at radius 2 is 1.68 bits per heavy atom. The van der Waals surface area contributed by atoms with Crippen molar-refractivity contribution in [2.75, 3.05) is 50.8 Å². The van der Waals surface area contributed by atoms with E-state index in [1.807, 2.05) is 36.7 Å². The first kappa shape index (κ1) is 18.9. The Bertz CT molecular complexity index is 754. The van der Waals surface area contributed by atoms with E-state index in [9.17, 15) is 4.79 Å². The summed E-state index contributed by atoms with van der Waals surface area (Å²) in [6, 6.07) is 12.2. The molecule has 1 aromatic heterocycles. The molecule has 28 heavy (non-hydrogen) atoms. The van der Waals surface area contributed by atoms with Crippen LogP contribution in [-0.2, 0) is 4.74 Å². The van der Waals surface area contributed by atoms with Crippen LogP contribution in [0.15, 0.2) is 48.8 Å². The number of benzene rings is 1. The molecule has 148 valence electrons. The molecule has 2 saturated heterocycles. The summed E-state index contributed by atoms with van der Waals surface area (Å²) in [6.45, 7) is 5.98. The average molecular weight is 380 g/mol. The van der Waals surface area contributed by atoms with E-state index in [2.05, 4.69) is 32.2 Å². The van der Waals surface area contributed by atoms with Gasteiger partial charge < -0.3 is 15.0 Å². The molecule has 0 aliphatic carbocycles. The van der Waals surface area contributed by atoms with Crippen molar-refractivity contribution in [3.63, 3.8) is 0 Å². The number of anilines is 1. The van der Waals surface area contributed by atoms with Crippen LogP contribution in [0, 0.1) is 0 Å². The van der Waals surface area contributed by atoms with Crippen LogP contribution in [0.25, 0.3) is 0 Å². The third kappa shape index (κ3) is 4.51. The quantitative estimate of drug-likeness (QED) is 0.834. The molecule has 2 aliphatic rings. The summed E-state index contributed by atoms with van der Waals surface area (Å²) in [7, 11) is 0. The molecule has 0 bridgehead atoms. The monoisotopic (exact) mass is 380 g/mol. The van der Waals surface area contributed by atoms with Gasteiger partial charge in [0.1, 0.15) is 0 Å². The van der Waals surface area contributed by atoms with Crippen LogP contribution in [0.5, 0.6) is 0 Å². The van der Waals surface area contributed by atoms with Crippen LogP contribution < -0.4 is 10.2 Å². The largest absolute Gasteiger partial charge is 0.379 e. The second-order valence-electron chi connectivity index (χ2n) is 7.40. The molecule has 2 aromatic rings. The lowest BCUT2D eigenvalue weighted by atomic mass is 10.1. The summed E-state index contributed by atoms with van der Waals surface area (Å²) >= 11 is 0. The molecule has 0 saturated carbocycles. The minimum Gasteiger partial charge on any atom is -0.379 e. The Morgan fingerprint density at radius 3 is 2.36 bits per heavy atom. The number of morpholine rings is 1. The molecule has 0 spiro atoms. The molecular formula is C22H28N4O2. The molecule has 1 N–H and O–H groups in total. The van der Waals surface area contributed by atoms with Gasteiger partial charge in [-0.3, -0.25) is 14.7 Å². The van der Waals surface area contributed by atoms with Gasteiger partial charge in [-0.05, 0) is 54.8 Å². The molecule has 1 unspecified atom stereocenters. The van der Waals surface area contributed by atoms with Crippen molar-refractivity contribution in [1.82, 2.24) is 15.2 Å². The van der Waals surface area contributed by atoms with Gasteiger partial charge >= 0.3 is 0 Å². The molecule has 2 fully saturated rings. The zero-order valence-electron chi connectivity index (χ0n) is 16.2. The predicted molar refractivity (Wildman–Crippen MR) is 110 cm³/mol. The fourth-order valence-electron chi connectivity index (χ4n) is 4.02. The van der Waals surface area contributed by atoms with E-state index < -0.39 is 0 Å². The minimum absolute atomic E-state index is 0.0275. The molecule has 1 atom stereocenters. The highest BCUT2D eigenvalue weighted by molar-refractivity contribution is 5.94. The van der Waals surface area contributed by atoms with Gasteiger partial charge in [0.25, 0.3) is 5.91 Å². The smallest absolute Gasteiger partial charge is 0.251 e. The van der Waals surface area contributed by atoms with E-state index in [-0.39, 0.29) is 11.9 Å². The Kier molecular flexibility index (Phi) is 6.19. The number of aromatic nitrogens is 1. The summed E-state index contributed by atoms with van der Waals surface area (Å²) < 4.78 is 5.49. The van der Waals surface area contributed by atoms with Crippen molar-refractivity contribution in [3.8, 4) is 0 Å². The van der Waals surface area contributed by atoms with E-state index in [1.54, 1.807) is 0 Å². The van der Waals surface area contributed by atoms with Crippen molar-refractivity contribution in [2.45, 2.75) is 18.9 Å². The summed E-state index contributed by atoms with van der Waals surface area (Å²) in [4.78, 5) is 21.6. The number of hydrogen-bond acceptors (Lipinski definition) is 5. The van der Waals surface area contributed by atoms with E-state index >= 15 is 0 Å². The number of pyridine rings is 1. The number of nitrogens with zero attached hydrogens (tertiary/aromatic N) is 3. The van der Waals surface area contributed by atoms with Gasteiger partial charge in [-0.1, -0.05) is 0 Å². The van der Waals surface area contributed by atoms with E-state index in [1.165, 1.54) is 24.1 Å².